The van der Waals surface area contributed by atoms with E-state index in [-0.39, 0.29) is 48.9 Å². The van der Waals surface area contributed by atoms with Gasteiger partial charge in [-0.25, -0.2) is 0 Å². The molecule has 0 aromatic heterocycles. The first-order valence-electron chi connectivity index (χ1n) is 11.9. The second-order valence-corrected chi connectivity index (χ2v) is 9.28. The molecule has 2 fully saturated rings. The average molecular weight is 447 g/mol. The number of nitrogens with zero attached hydrogens (tertiary/aromatic N) is 2. The zero-order chi connectivity index (χ0) is 22.8. The van der Waals surface area contributed by atoms with Crippen LogP contribution in [0.1, 0.15) is 37.7 Å². The molecule has 0 bridgehead atoms. The van der Waals surface area contributed by atoms with Crippen LogP contribution in [0.25, 0.3) is 0 Å². The van der Waals surface area contributed by atoms with Gasteiger partial charge in [0.2, 0.25) is 17.7 Å². The molecule has 0 spiro atoms. The normalized spacial score (nSPS) is 25.3. The first-order chi connectivity index (χ1) is 16.1. The van der Waals surface area contributed by atoms with E-state index < -0.39 is 0 Å². The highest BCUT2D eigenvalue weighted by Crippen LogP contribution is 2.33. The summed E-state index contributed by atoms with van der Waals surface area (Å²) < 4.78 is 0. The third-order valence-corrected chi connectivity index (χ3v) is 7.09. The Kier molecular flexibility index (Phi) is 6.13. The van der Waals surface area contributed by atoms with Crippen LogP contribution in [0.4, 0.5) is 11.4 Å². The van der Waals surface area contributed by atoms with E-state index in [1.165, 1.54) is 5.56 Å². The number of para-hydroxylation sites is 2. The molecule has 3 heterocycles. The average Bonchev–Trinajstić information content (AvgIpc) is 3.09. The van der Waals surface area contributed by atoms with Crippen molar-refractivity contribution in [2.45, 2.75) is 56.7 Å². The van der Waals surface area contributed by atoms with Crippen molar-refractivity contribution in [1.82, 2.24) is 10.2 Å². The Morgan fingerprint density at radius 3 is 2.61 bits per heavy atom. The second kappa shape index (κ2) is 9.35. The largest absolute Gasteiger partial charge is 0.352 e. The summed E-state index contributed by atoms with van der Waals surface area (Å²) in [6.45, 7) is 0.258. The molecule has 0 aliphatic carbocycles. The molecule has 2 saturated heterocycles. The van der Waals surface area contributed by atoms with Crippen molar-refractivity contribution in [2.75, 3.05) is 23.3 Å². The number of hydrogen-bond acceptors (Lipinski definition) is 4. The number of likely N-dealkylation sites (tertiary alicyclic amines) is 1. The minimum Gasteiger partial charge on any atom is -0.352 e. The van der Waals surface area contributed by atoms with Gasteiger partial charge in [0.1, 0.15) is 6.54 Å². The summed E-state index contributed by atoms with van der Waals surface area (Å²) in [4.78, 5) is 42.1. The van der Waals surface area contributed by atoms with Gasteiger partial charge in [0.25, 0.3) is 0 Å². The number of fused-ring (bicyclic) bond motifs is 2. The van der Waals surface area contributed by atoms with Crippen molar-refractivity contribution < 1.29 is 14.4 Å². The molecule has 0 radical (unpaired) electrons. The van der Waals surface area contributed by atoms with Gasteiger partial charge < -0.3 is 10.6 Å². The van der Waals surface area contributed by atoms with Crippen LogP contribution in [-0.4, -0.2) is 53.8 Å². The van der Waals surface area contributed by atoms with Crippen LogP contribution >= 0.6 is 0 Å². The molecule has 0 saturated carbocycles. The number of hydrogen-bond donors (Lipinski definition) is 2. The molecule has 2 N–H and O–H groups in total. The van der Waals surface area contributed by atoms with Gasteiger partial charge >= 0.3 is 0 Å². The molecule has 2 aromatic rings. The highest BCUT2D eigenvalue weighted by Gasteiger charge is 2.43. The predicted octanol–water partition coefficient (Wildman–Crippen LogP) is 2.72. The van der Waals surface area contributed by atoms with Crippen molar-refractivity contribution in [3.05, 3.63) is 60.2 Å². The lowest BCUT2D eigenvalue weighted by Crippen LogP contribution is -2.52. The maximum atomic E-state index is 13.6. The van der Waals surface area contributed by atoms with Gasteiger partial charge in [-0.3, -0.25) is 24.2 Å². The van der Waals surface area contributed by atoms with Crippen LogP contribution < -0.4 is 15.5 Å². The van der Waals surface area contributed by atoms with E-state index in [1.54, 1.807) is 4.90 Å². The topological polar surface area (TPSA) is 81.8 Å². The smallest absolute Gasteiger partial charge is 0.244 e. The molecule has 3 amide bonds. The highest BCUT2D eigenvalue weighted by molar-refractivity contribution is 6.10. The van der Waals surface area contributed by atoms with Crippen LogP contribution in [0.15, 0.2) is 54.6 Å². The van der Waals surface area contributed by atoms with Crippen LogP contribution in [0.2, 0.25) is 0 Å². The molecule has 3 aliphatic rings. The Hall–Kier alpha value is -3.19. The molecular weight excluding hydrogens is 416 g/mol. The molecule has 5 rings (SSSR count). The summed E-state index contributed by atoms with van der Waals surface area (Å²) in [7, 11) is 0. The number of anilines is 2. The van der Waals surface area contributed by atoms with E-state index in [9.17, 15) is 14.4 Å². The molecule has 0 unspecified atom stereocenters. The summed E-state index contributed by atoms with van der Waals surface area (Å²) in [6.07, 6.45) is 5.04. The minimum atomic E-state index is -0.180. The highest BCUT2D eigenvalue weighted by atomic mass is 16.2. The monoisotopic (exact) mass is 446 g/mol. The lowest BCUT2D eigenvalue weighted by atomic mass is 9.97. The van der Waals surface area contributed by atoms with Crippen LogP contribution in [0, 0.1) is 0 Å². The van der Waals surface area contributed by atoms with E-state index >= 15 is 0 Å². The molecule has 172 valence electrons. The molecule has 33 heavy (non-hydrogen) atoms. The lowest BCUT2D eigenvalue weighted by Gasteiger charge is -2.35. The summed E-state index contributed by atoms with van der Waals surface area (Å²) >= 11 is 0. The molecular formula is C26H30N4O3. The Labute approximate surface area is 194 Å². The summed E-state index contributed by atoms with van der Waals surface area (Å²) in [5, 5.41) is 6.08. The quantitative estimate of drug-likeness (QED) is 0.757. The number of carbonyl (C=O) groups excluding carboxylic acids is 3. The SMILES string of the molecule is O=C1CN(C(=O)CN2[C@H](Cc3ccccc3)C[C@H]3NC(=O)CCCC[C@@H]32)c2ccccc2N1. The summed E-state index contributed by atoms with van der Waals surface area (Å²) in [5.41, 5.74) is 2.63. The van der Waals surface area contributed by atoms with E-state index in [2.05, 4.69) is 27.7 Å². The second-order valence-electron chi connectivity index (χ2n) is 9.28. The Morgan fingerprint density at radius 2 is 1.76 bits per heavy atom. The fourth-order valence-electron chi connectivity index (χ4n) is 5.56. The van der Waals surface area contributed by atoms with Crippen molar-refractivity contribution >= 4 is 29.1 Å². The zero-order valence-electron chi connectivity index (χ0n) is 18.7. The van der Waals surface area contributed by atoms with Gasteiger partial charge in [0, 0.05) is 24.5 Å². The van der Waals surface area contributed by atoms with E-state index in [0.29, 0.717) is 12.1 Å². The standard InChI is InChI=1S/C26H30N4O3/c31-24-13-7-6-12-23-21(28-24)15-19(14-18-8-2-1-3-9-18)29(23)17-26(33)30-16-25(32)27-20-10-4-5-11-22(20)30/h1-5,8-11,19,21,23H,6-7,12-17H2,(H,27,32)(H,28,31)/t19-,21-,23+/m1/s1. The maximum Gasteiger partial charge on any atom is 0.244 e. The summed E-state index contributed by atoms with van der Waals surface area (Å²) in [6, 6.07) is 18.1. The predicted molar refractivity (Wildman–Crippen MR) is 127 cm³/mol. The zero-order valence-corrected chi connectivity index (χ0v) is 18.7. The fraction of sp³-hybridized carbons (Fsp3) is 0.423. The number of amides is 3. The maximum absolute atomic E-state index is 13.6. The van der Waals surface area contributed by atoms with Gasteiger partial charge in [0.05, 0.1) is 17.9 Å². The van der Waals surface area contributed by atoms with Gasteiger partial charge in [0.15, 0.2) is 0 Å². The van der Waals surface area contributed by atoms with E-state index in [1.807, 2.05) is 42.5 Å². The first kappa shape index (κ1) is 21.6. The van der Waals surface area contributed by atoms with Gasteiger partial charge in [-0.15, -0.1) is 0 Å². The molecule has 3 aliphatic heterocycles. The van der Waals surface area contributed by atoms with Crippen molar-refractivity contribution in [2.24, 2.45) is 0 Å². The first-order valence-corrected chi connectivity index (χ1v) is 11.9. The molecule has 7 heteroatoms. The van der Waals surface area contributed by atoms with Gasteiger partial charge in [-0.05, 0) is 43.4 Å². The van der Waals surface area contributed by atoms with E-state index in [4.69, 9.17) is 0 Å². The summed E-state index contributed by atoms with van der Waals surface area (Å²) in [5.74, 6) is -0.150. The van der Waals surface area contributed by atoms with Crippen LogP contribution in [0.3, 0.4) is 0 Å². The fourth-order valence-corrected chi connectivity index (χ4v) is 5.56. The molecule has 7 nitrogen and oxygen atoms in total. The molecule has 3 atom stereocenters. The van der Waals surface area contributed by atoms with Crippen LogP contribution in [-0.2, 0) is 20.8 Å². The number of nitrogens with one attached hydrogen (secondary N) is 2. The Balaban J connectivity index is 1.41. The van der Waals surface area contributed by atoms with Crippen molar-refractivity contribution in [1.29, 1.82) is 0 Å². The number of benzene rings is 2. The Morgan fingerprint density at radius 1 is 0.970 bits per heavy atom. The molecule has 2 aromatic carbocycles. The number of carbonyl (C=O) groups is 3. The van der Waals surface area contributed by atoms with Crippen molar-refractivity contribution in [3.63, 3.8) is 0 Å². The van der Waals surface area contributed by atoms with Gasteiger partial charge in [-0.2, -0.15) is 0 Å². The van der Waals surface area contributed by atoms with Gasteiger partial charge in [-0.1, -0.05) is 48.9 Å². The number of rotatable bonds is 4. The minimum absolute atomic E-state index is 0.0257. The van der Waals surface area contributed by atoms with Crippen molar-refractivity contribution in [3.8, 4) is 0 Å². The third-order valence-electron chi connectivity index (χ3n) is 7.09. The third kappa shape index (κ3) is 4.64. The van der Waals surface area contributed by atoms with E-state index in [0.717, 1.165) is 37.8 Å². The van der Waals surface area contributed by atoms with Crippen LogP contribution in [0.5, 0.6) is 0 Å². The Bertz CT molecular complexity index is 1040. The lowest BCUT2D eigenvalue weighted by molar-refractivity contribution is -0.123.